The van der Waals surface area contributed by atoms with Gasteiger partial charge in [0, 0.05) is 12.5 Å². The van der Waals surface area contributed by atoms with Crippen LogP contribution < -0.4 is 11.1 Å². The van der Waals surface area contributed by atoms with E-state index in [1.807, 2.05) is 31.4 Å². The Bertz CT molecular complexity index is 623. The molecule has 2 rings (SSSR count). The van der Waals surface area contributed by atoms with E-state index in [0.717, 1.165) is 9.90 Å². The molecule has 5 heteroatoms. The summed E-state index contributed by atoms with van der Waals surface area (Å²) < 4.78 is 0. The Balaban J connectivity index is 2.29. The number of nitrogens with two attached hydrogens (primary N) is 1. The number of rotatable bonds is 6. The molecule has 1 heterocycles. The quantitative estimate of drug-likeness (QED) is 0.592. The van der Waals surface area contributed by atoms with Crippen LogP contribution in [0.5, 0.6) is 0 Å². The Morgan fingerprint density at radius 1 is 1.38 bits per heavy atom. The zero-order valence-electron chi connectivity index (χ0n) is 12.5. The van der Waals surface area contributed by atoms with Gasteiger partial charge in [-0.3, -0.25) is 4.79 Å². The van der Waals surface area contributed by atoms with Crippen molar-refractivity contribution in [3.8, 4) is 0 Å². The second-order valence-electron chi connectivity index (χ2n) is 4.76. The third-order valence-electron chi connectivity index (χ3n) is 3.33. The molecule has 0 amide bonds. The van der Waals surface area contributed by atoms with Crippen LogP contribution in [0.2, 0.25) is 0 Å². The van der Waals surface area contributed by atoms with Gasteiger partial charge in [-0.2, -0.15) is 0 Å². The van der Waals surface area contributed by atoms with E-state index in [-0.39, 0.29) is 11.8 Å². The summed E-state index contributed by atoms with van der Waals surface area (Å²) in [5, 5.41) is 4.46. The van der Waals surface area contributed by atoms with E-state index in [4.69, 9.17) is 5.73 Å². The molecule has 0 saturated heterocycles. The number of Topliss-reactive ketones (excluding diaryl/α,β-unsaturated/α-hetero) is 1. The molecule has 0 saturated carbocycles. The van der Waals surface area contributed by atoms with Crippen LogP contribution in [0, 0.1) is 0 Å². The Hall–Kier alpha value is -1.46. The van der Waals surface area contributed by atoms with Gasteiger partial charge in [0.25, 0.3) is 0 Å². The van der Waals surface area contributed by atoms with Gasteiger partial charge < -0.3 is 11.1 Å². The molecule has 3 N–H and O–H groups in total. The Morgan fingerprint density at radius 3 is 2.62 bits per heavy atom. The van der Waals surface area contributed by atoms with Gasteiger partial charge in [0.2, 0.25) is 0 Å². The van der Waals surface area contributed by atoms with Crippen molar-refractivity contribution in [2.24, 2.45) is 0 Å². The normalized spacial score (nSPS) is 12.1. The standard InChI is InChI=1S/C16H20N2OS2/c1-4-12(19)14-13(17)15(20-3)16(21-14)18-10(2)11-8-6-5-7-9-11/h5-10,18H,4,17H2,1-3H3. The van der Waals surface area contributed by atoms with Crippen molar-refractivity contribution < 1.29 is 4.79 Å². The van der Waals surface area contributed by atoms with Gasteiger partial charge >= 0.3 is 0 Å². The molecule has 2 aromatic rings. The number of thiophene rings is 1. The average Bonchev–Trinajstić information content (AvgIpc) is 2.83. The molecule has 0 aliphatic rings. The molecule has 1 unspecified atom stereocenters. The first kappa shape index (κ1) is 15.9. The number of hydrogen-bond donors (Lipinski definition) is 2. The van der Waals surface area contributed by atoms with Crippen molar-refractivity contribution >= 4 is 39.6 Å². The maximum Gasteiger partial charge on any atom is 0.174 e. The lowest BCUT2D eigenvalue weighted by atomic mass is 10.1. The number of carbonyl (C=O) groups is 1. The lowest BCUT2D eigenvalue weighted by Crippen LogP contribution is -2.05. The number of anilines is 2. The summed E-state index contributed by atoms with van der Waals surface area (Å²) in [7, 11) is 0. The van der Waals surface area contributed by atoms with Gasteiger partial charge in [-0.1, -0.05) is 37.3 Å². The minimum absolute atomic E-state index is 0.105. The molecule has 0 aliphatic carbocycles. The Morgan fingerprint density at radius 2 is 2.05 bits per heavy atom. The first-order valence-corrected chi connectivity index (χ1v) is 8.93. The average molecular weight is 320 g/mol. The number of benzene rings is 1. The van der Waals surface area contributed by atoms with Crippen molar-refractivity contribution in [3.05, 3.63) is 40.8 Å². The molecule has 21 heavy (non-hydrogen) atoms. The van der Waals surface area contributed by atoms with E-state index in [0.29, 0.717) is 17.0 Å². The minimum atomic E-state index is 0.105. The fourth-order valence-corrected chi connectivity index (χ4v) is 4.23. The molecule has 0 aliphatic heterocycles. The van der Waals surface area contributed by atoms with Gasteiger partial charge in [-0.25, -0.2) is 0 Å². The maximum absolute atomic E-state index is 12.0. The first-order valence-electron chi connectivity index (χ1n) is 6.89. The number of ketones is 1. The van der Waals surface area contributed by atoms with Crippen LogP contribution in [0.3, 0.4) is 0 Å². The van der Waals surface area contributed by atoms with Crippen LogP contribution in [0.4, 0.5) is 10.7 Å². The lowest BCUT2D eigenvalue weighted by molar-refractivity contribution is 0.0992. The molecular formula is C16H20N2OS2. The number of carbonyl (C=O) groups excluding carboxylic acids is 1. The van der Waals surface area contributed by atoms with E-state index in [1.165, 1.54) is 16.9 Å². The number of nitrogen functional groups attached to an aromatic ring is 1. The zero-order valence-corrected chi connectivity index (χ0v) is 14.1. The number of nitrogens with one attached hydrogen (secondary N) is 1. The van der Waals surface area contributed by atoms with E-state index in [2.05, 4.69) is 24.4 Å². The summed E-state index contributed by atoms with van der Waals surface area (Å²) in [6.07, 6.45) is 2.46. The summed E-state index contributed by atoms with van der Waals surface area (Å²) >= 11 is 3.04. The fraction of sp³-hybridized carbons (Fsp3) is 0.312. The Labute approximate surface area is 133 Å². The van der Waals surface area contributed by atoms with Gasteiger partial charge in [0.05, 0.1) is 15.5 Å². The van der Waals surface area contributed by atoms with Gasteiger partial charge in [-0.05, 0) is 18.7 Å². The topological polar surface area (TPSA) is 55.1 Å². The van der Waals surface area contributed by atoms with Crippen LogP contribution >= 0.6 is 23.1 Å². The lowest BCUT2D eigenvalue weighted by Gasteiger charge is -2.15. The van der Waals surface area contributed by atoms with E-state index in [9.17, 15) is 4.79 Å². The maximum atomic E-state index is 12.0. The SMILES string of the molecule is CCC(=O)c1sc(NC(C)c2ccccc2)c(SC)c1N. The highest BCUT2D eigenvalue weighted by Gasteiger charge is 2.20. The smallest absolute Gasteiger partial charge is 0.174 e. The van der Waals surface area contributed by atoms with E-state index < -0.39 is 0 Å². The molecule has 112 valence electrons. The van der Waals surface area contributed by atoms with E-state index in [1.54, 1.807) is 11.8 Å². The van der Waals surface area contributed by atoms with Gasteiger partial charge in [-0.15, -0.1) is 23.1 Å². The first-order chi connectivity index (χ1) is 10.1. The molecule has 1 atom stereocenters. The van der Waals surface area contributed by atoms with Gasteiger partial charge in [0.15, 0.2) is 5.78 Å². The number of thioether (sulfide) groups is 1. The predicted octanol–water partition coefficient (Wildman–Crippen LogP) is 4.82. The molecule has 1 aromatic carbocycles. The van der Waals surface area contributed by atoms with Crippen LogP contribution in [0.15, 0.2) is 35.2 Å². The van der Waals surface area contributed by atoms with Crippen molar-refractivity contribution in [1.29, 1.82) is 0 Å². The van der Waals surface area contributed by atoms with Crippen LogP contribution in [0.25, 0.3) is 0 Å². The summed E-state index contributed by atoms with van der Waals surface area (Å²) in [4.78, 5) is 13.6. The van der Waals surface area contributed by atoms with Crippen molar-refractivity contribution in [3.63, 3.8) is 0 Å². The monoisotopic (exact) mass is 320 g/mol. The third-order valence-corrected chi connectivity index (χ3v) is 5.46. The highest BCUT2D eigenvalue weighted by Crippen LogP contribution is 2.43. The molecule has 3 nitrogen and oxygen atoms in total. The highest BCUT2D eigenvalue weighted by molar-refractivity contribution is 7.99. The minimum Gasteiger partial charge on any atom is -0.396 e. The summed E-state index contributed by atoms with van der Waals surface area (Å²) in [6, 6.07) is 10.4. The fourth-order valence-electron chi connectivity index (χ4n) is 2.12. The van der Waals surface area contributed by atoms with Crippen molar-refractivity contribution in [2.75, 3.05) is 17.3 Å². The van der Waals surface area contributed by atoms with Crippen LogP contribution in [-0.4, -0.2) is 12.0 Å². The molecular weight excluding hydrogens is 300 g/mol. The Kier molecular flexibility index (Phi) is 5.31. The number of hydrogen-bond acceptors (Lipinski definition) is 5. The van der Waals surface area contributed by atoms with E-state index >= 15 is 0 Å². The summed E-state index contributed by atoms with van der Waals surface area (Å²) in [5.74, 6) is 0.105. The predicted molar refractivity (Wildman–Crippen MR) is 93.6 cm³/mol. The second kappa shape index (κ2) is 7.00. The molecule has 0 bridgehead atoms. The van der Waals surface area contributed by atoms with Gasteiger partial charge in [0.1, 0.15) is 5.00 Å². The van der Waals surface area contributed by atoms with Crippen molar-refractivity contribution in [1.82, 2.24) is 0 Å². The van der Waals surface area contributed by atoms with Crippen molar-refractivity contribution in [2.45, 2.75) is 31.2 Å². The summed E-state index contributed by atoms with van der Waals surface area (Å²) in [5.41, 5.74) is 7.96. The molecule has 0 radical (unpaired) electrons. The molecule has 1 aromatic heterocycles. The molecule has 0 fully saturated rings. The van der Waals surface area contributed by atoms with Crippen LogP contribution in [0.1, 0.15) is 41.5 Å². The highest BCUT2D eigenvalue weighted by atomic mass is 32.2. The zero-order chi connectivity index (χ0) is 15.4. The second-order valence-corrected chi connectivity index (χ2v) is 6.60. The van der Waals surface area contributed by atoms with Crippen LogP contribution in [-0.2, 0) is 0 Å². The largest absolute Gasteiger partial charge is 0.396 e. The third kappa shape index (κ3) is 3.41. The summed E-state index contributed by atoms with van der Waals surface area (Å²) in [6.45, 7) is 3.97. The molecule has 0 spiro atoms.